The first-order chi connectivity index (χ1) is 9.74. The van der Waals surface area contributed by atoms with E-state index >= 15 is 0 Å². The summed E-state index contributed by atoms with van der Waals surface area (Å²) in [6, 6.07) is 4.43. The smallest absolute Gasteiger partial charge is 0.410 e. The van der Waals surface area contributed by atoms with Gasteiger partial charge in [-0.3, -0.25) is 0 Å². The number of carbonyl (C=O) groups excluding carboxylic acids is 1. The molecule has 1 aliphatic heterocycles. The largest absolute Gasteiger partial charge is 0.444 e. The fourth-order valence-electron chi connectivity index (χ4n) is 2.55. The second kappa shape index (κ2) is 5.92. The molecule has 1 aliphatic rings. The second-order valence-electron chi connectivity index (χ2n) is 6.63. The highest BCUT2D eigenvalue weighted by Crippen LogP contribution is 2.25. The van der Waals surface area contributed by atoms with Crippen molar-refractivity contribution in [2.24, 2.45) is 5.92 Å². The maximum Gasteiger partial charge on any atom is 0.410 e. The number of likely N-dealkylation sites (tertiary alicyclic amines) is 1. The monoisotopic (exact) mass is 294 g/mol. The van der Waals surface area contributed by atoms with E-state index < -0.39 is 5.60 Å². The van der Waals surface area contributed by atoms with Crippen LogP contribution in [0.2, 0.25) is 0 Å². The van der Waals surface area contributed by atoms with Crippen LogP contribution in [0.15, 0.2) is 18.2 Å². The van der Waals surface area contributed by atoms with Crippen LogP contribution in [-0.2, 0) is 11.2 Å². The molecule has 0 spiro atoms. The Labute approximate surface area is 125 Å². The molecular formula is C16H23FN2O2. The van der Waals surface area contributed by atoms with Gasteiger partial charge in [0.1, 0.15) is 11.4 Å². The molecule has 0 bridgehead atoms. The summed E-state index contributed by atoms with van der Waals surface area (Å²) >= 11 is 0. The molecule has 1 saturated heterocycles. The van der Waals surface area contributed by atoms with Crippen LogP contribution in [0.4, 0.5) is 14.9 Å². The second-order valence-corrected chi connectivity index (χ2v) is 6.63. The summed E-state index contributed by atoms with van der Waals surface area (Å²) in [6.07, 6.45) is 1.29. The van der Waals surface area contributed by atoms with Gasteiger partial charge in [0.2, 0.25) is 0 Å². The van der Waals surface area contributed by atoms with Gasteiger partial charge in [0.25, 0.3) is 0 Å². The summed E-state index contributed by atoms with van der Waals surface area (Å²) in [5.41, 5.74) is 6.80. The van der Waals surface area contributed by atoms with Gasteiger partial charge in [-0.25, -0.2) is 9.18 Å². The van der Waals surface area contributed by atoms with E-state index in [-0.39, 0.29) is 11.9 Å². The van der Waals surface area contributed by atoms with Crippen molar-refractivity contribution >= 4 is 11.8 Å². The molecule has 1 aromatic carbocycles. The molecule has 0 aliphatic carbocycles. The predicted molar refractivity (Wildman–Crippen MR) is 80.4 cm³/mol. The molecule has 0 aromatic heterocycles. The zero-order chi connectivity index (χ0) is 15.6. The van der Waals surface area contributed by atoms with Gasteiger partial charge in [0.05, 0.1) is 0 Å². The number of halogens is 1. The van der Waals surface area contributed by atoms with E-state index in [4.69, 9.17) is 10.5 Å². The number of benzene rings is 1. The topological polar surface area (TPSA) is 55.6 Å². The van der Waals surface area contributed by atoms with Crippen LogP contribution >= 0.6 is 0 Å². The Kier molecular flexibility index (Phi) is 4.40. The molecule has 4 nitrogen and oxygen atoms in total. The Morgan fingerprint density at radius 1 is 1.48 bits per heavy atom. The molecule has 5 heteroatoms. The zero-order valence-corrected chi connectivity index (χ0v) is 12.9. The molecule has 1 heterocycles. The van der Waals surface area contributed by atoms with Gasteiger partial charge in [0.15, 0.2) is 0 Å². The van der Waals surface area contributed by atoms with Gasteiger partial charge < -0.3 is 15.4 Å². The fraction of sp³-hybridized carbons (Fsp3) is 0.562. The summed E-state index contributed by atoms with van der Waals surface area (Å²) in [5.74, 6) is 0.0165. The number of nitrogens with two attached hydrogens (primary N) is 1. The fourth-order valence-corrected chi connectivity index (χ4v) is 2.55. The minimum Gasteiger partial charge on any atom is -0.444 e. The first kappa shape index (κ1) is 15.6. The van der Waals surface area contributed by atoms with Crippen molar-refractivity contribution in [1.82, 2.24) is 4.90 Å². The van der Waals surface area contributed by atoms with Crippen LogP contribution in [0.5, 0.6) is 0 Å². The van der Waals surface area contributed by atoms with E-state index in [9.17, 15) is 9.18 Å². The molecule has 116 valence electrons. The number of hydrogen-bond donors (Lipinski definition) is 1. The highest BCUT2D eigenvalue weighted by Gasteiger charge is 2.30. The number of nitrogen functional groups attached to an aromatic ring is 1. The average molecular weight is 294 g/mol. The molecule has 0 saturated carbocycles. The molecular weight excluding hydrogens is 271 g/mol. The van der Waals surface area contributed by atoms with E-state index in [2.05, 4.69) is 0 Å². The van der Waals surface area contributed by atoms with E-state index in [1.807, 2.05) is 20.8 Å². The summed E-state index contributed by atoms with van der Waals surface area (Å²) in [7, 11) is 0. The first-order valence-corrected chi connectivity index (χ1v) is 7.26. The SMILES string of the molecule is CC(C)(C)OC(=O)N1CCC(Cc2cc(F)ccc2N)C1. The third-order valence-electron chi connectivity index (χ3n) is 3.55. The summed E-state index contributed by atoms with van der Waals surface area (Å²) in [4.78, 5) is 13.7. The number of amides is 1. The Morgan fingerprint density at radius 2 is 2.19 bits per heavy atom. The molecule has 1 amide bonds. The number of nitrogens with zero attached hydrogens (tertiary/aromatic N) is 1. The summed E-state index contributed by atoms with van der Waals surface area (Å²) in [5, 5.41) is 0. The molecule has 1 unspecified atom stereocenters. The minimum absolute atomic E-state index is 0.277. The molecule has 0 radical (unpaired) electrons. The normalized spacial score (nSPS) is 18.9. The molecule has 2 rings (SSSR count). The van der Waals surface area contributed by atoms with Crippen molar-refractivity contribution in [3.8, 4) is 0 Å². The lowest BCUT2D eigenvalue weighted by atomic mass is 9.97. The van der Waals surface area contributed by atoms with Crippen LogP contribution < -0.4 is 5.73 Å². The first-order valence-electron chi connectivity index (χ1n) is 7.26. The van der Waals surface area contributed by atoms with Crippen molar-refractivity contribution in [3.63, 3.8) is 0 Å². The number of carbonyl (C=O) groups is 1. The summed E-state index contributed by atoms with van der Waals surface area (Å²) in [6.45, 7) is 6.86. The number of hydrogen-bond acceptors (Lipinski definition) is 3. The van der Waals surface area contributed by atoms with Gasteiger partial charge in [0, 0.05) is 18.8 Å². The van der Waals surface area contributed by atoms with Gasteiger partial charge >= 0.3 is 6.09 Å². The number of rotatable bonds is 2. The average Bonchev–Trinajstić information content (AvgIpc) is 2.80. The van der Waals surface area contributed by atoms with Crippen LogP contribution in [-0.4, -0.2) is 29.7 Å². The van der Waals surface area contributed by atoms with E-state index in [1.54, 1.807) is 11.0 Å². The Bertz CT molecular complexity index is 525. The lowest BCUT2D eigenvalue weighted by molar-refractivity contribution is 0.0288. The molecule has 2 N–H and O–H groups in total. The van der Waals surface area contributed by atoms with E-state index in [1.165, 1.54) is 12.1 Å². The third kappa shape index (κ3) is 4.34. The van der Waals surface area contributed by atoms with Crippen molar-refractivity contribution in [2.45, 2.75) is 39.2 Å². The lowest BCUT2D eigenvalue weighted by Gasteiger charge is -2.24. The maximum atomic E-state index is 13.3. The van der Waals surface area contributed by atoms with E-state index in [0.717, 1.165) is 12.0 Å². The highest BCUT2D eigenvalue weighted by atomic mass is 19.1. The van der Waals surface area contributed by atoms with Crippen LogP contribution in [0.1, 0.15) is 32.8 Å². The minimum atomic E-state index is -0.484. The maximum absolute atomic E-state index is 13.3. The highest BCUT2D eigenvalue weighted by molar-refractivity contribution is 5.68. The van der Waals surface area contributed by atoms with Gasteiger partial charge in [-0.05, 0) is 63.3 Å². The van der Waals surface area contributed by atoms with Crippen LogP contribution in [0, 0.1) is 11.7 Å². The third-order valence-corrected chi connectivity index (χ3v) is 3.55. The van der Waals surface area contributed by atoms with Crippen molar-refractivity contribution < 1.29 is 13.9 Å². The van der Waals surface area contributed by atoms with Crippen LogP contribution in [0.25, 0.3) is 0 Å². The molecule has 21 heavy (non-hydrogen) atoms. The summed E-state index contributed by atoms with van der Waals surface area (Å²) < 4.78 is 18.6. The van der Waals surface area contributed by atoms with Crippen LogP contribution in [0.3, 0.4) is 0 Å². The van der Waals surface area contributed by atoms with Gasteiger partial charge in [-0.15, -0.1) is 0 Å². The Balaban J connectivity index is 1.93. The van der Waals surface area contributed by atoms with Gasteiger partial charge in [-0.2, -0.15) is 0 Å². The zero-order valence-electron chi connectivity index (χ0n) is 12.9. The van der Waals surface area contributed by atoms with Gasteiger partial charge in [-0.1, -0.05) is 0 Å². The van der Waals surface area contributed by atoms with Crippen molar-refractivity contribution in [3.05, 3.63) is 29.6 Å². The van der Waals surface area contributed by atoms with E-state index in [0.29, 0.717) is 31.1 Å². The Hall–Kier alpha value is -1.78. The molecule has 1 aromatic rings. The Morgan fingerprint density at radius 3 is 2.86 bits per heavy atom. The lowest BCUT2D eigenvalue weighted by Crippen LogP contribution is -2.35. The van der Waals surface area contributed by atoms with Crippen molar-refractivity contribution in [1.29, 1.82) is 0 Å². The quantitative estimate of drug-likeness (QED) is 0.852. The molecule has 1 fully saturated rings. The van der Waals surface area contributed by atoms with Crippen molar-refractivity contribution in [2.75, 3.05) is 18.8 Å². The standard InChI is InChI=1S/C16H23FN2O2/c1-16(2,3)21-15(20)19-7-6-11(10-19)8-12-9-13(17)4-5-14(12)18/h4-5,9,11H,6-8,10,18H2,1-3H3. The number of ether oxygens (including phenoxy) is 1. The number of anilines is 1. The molecule has 1 atom stereocenters. The predicted octanol–water partition coefficient (Wildman–Crippen LogP) is 3.21.